The number of hydrogen-bond donors (Lipinski definition) is 1. The minimum absolute atomic E-state index is 0.0784. The number of likely N-dealkylation sites (tertiary alicyclic amines) is 1. The lowest BCUT2D eigenvalue weighted by molar-refractivity contribution is -0.150. The SMILES string of the molecule is CNC(=O)CCCN(C)C(=O)[C@@H](C)N1C(=O)[C@H]2CC=CC[C@H]2C1=O. The molecule has 0 aromatic rings. The smallest absolute Gasteiger partial charge is 0.245 e. The summed E-state index contributed by atoms with van der Waals surface area (Å²) in [7, 11) is 3.19. The van der Waals surface area contributed by atoms with E-state index in [-0.39, 0.29) is 35.5 Å². The summed E-state index contributed by atoms with van der Waals surface area (Å²) < 4.78 is 0. The maximum Gasteiger partial charge on any atom is 0.245 e. The van der Waals surface area contributed by atoms with E-state index in [4.69, 9.17) is 0 Å². The summed E-state index contributed by atoms with van der Waals surface area (Å²) in [6.45, 7) is 2.00. The maximum absolute atomic E-state index is 12.5. The fourth-order valence-electron chi connectivity index (χ4n) is 3.35. The molecule has 4 amide bonds. The van der Waals surface area contributed by atoms with Crippen LogP contribution in [0.15, 0.2) is 12.2 Å². The number of rotatable bonds is 6. The lowest BCUT2D eigenvalue weighted by Crippen LogP contribution is -2.49. The Kier molecular flexibility index (Phi) is 5.75. The van der Waals surface area contributed by atoms with Crippen LogP contribution in [0.4, 0.5) is 0 Å². The first-order valence-electron chi connectivity index (χ1n) is 8.36. The van der Waals surface area contributed by atoms with Gasteiger partial charge in [0.2, 0.25) is 23.6 Å². The van der Waals surface area contributed by atoms with Crippen molar-refractivity contribution in [2.45, 2.75) is 38.6 Å². The monoisotopic (exact) mass is 335 g/mol. The highest BCUT2D eigenvalue weighted by Gasteiger charge is 2.50. The number of hydrogen-bond acceptors (Lipinski definition) is 4. The number of nitrogens with one attached hydrogen (secondary N) is 1. The van der Waals surface area contributed by atoms with Gasteiger partial charge in [-0.25, -0.2) is 0 Å². The zero-order chi connectivity index (χ0) is 17.9. The third-order valence-electron chi connectivity index (χ3n) is 4.84. The average molecular weight is 335 g/mol. The van der Waals surface area contributed by atoms with E-state index in [1.54, 1.807) is 21.0 Å². The summed E-state index contributed by atoms with van der Waals surface area (Å²) in [4.78, 5) is 51.4. The number of carbonyl (C=O) groups excluding carboxylic acids is 4. The molecule has 1 N–H and O–H groups in total. The second-order valence-corrected chi connectivity index (χ2v) is 6.41. The Balaban J connectivity index is 1.96. The Morgan fingerprint density at radius 1 is 1.25 bits per heavy atom. The number of allylic oxidation sites excluding steroid dienone is 2. The van der Waals surface area contributed by atoms with E-state index in [0.717, 1.165) is 4.90 Å². The molecule has 7 nitrogen and oxygen atoms in total. The van der Waals surface area contributed by atoms with Gasteiger partial charge in [0.15, 0.2) is 0 Å². The van der Waals surface area contributed by atoms with Crippen LogP contribution in [0.25, 0.3) is 0 Å². The van der Waals surface area contributed by atoms with Crippen molar-refractivity contribution in [2.75, 3.05) is 20.6 Å². The van der Waals surface area contributed by atoms with Gasteiger partial charge in [-0.05, 0) is 26.2 Å². The number of carbonyl (C=O) groups is 4. The van der Waals surface area contributed by atoms with Crippen LogP contribution < -0.4 is 5.32 Å². The zero-order valence-corrected chi connectivity index (χ0v) is 14.4. The Labute approximate surface area is 142 Å². The van der Waals surface area contributed by atoms with Gasteiger partial charge in [0.05, 0.1) is 11.8 Å². The molecule has 0 radical (unpaired) electrons. The summed E-state index contributed by atoms with van der Waals surface area (Å²) in [5, 5.41) is 2.53. The molecule has 2 aliphatic rings. The summed E-state index contributed by atoms with van der Waals surface area (Å²) >= 11 is 0. The van der Waals surface area contributed by atoms with Gasteiger partial charge in [0.1, 0.15) is 6.04 Å². The molecular weight excluding hydrogens is 310 g/mol. The molecular formula is C17H25N3O4. The molecule has 1 aliphatic heterocycles. The summed E-state index contributed by atoms with van der Waals surface area (Å²) in [6, 6.07) is -0.805. The number of imide groups is 1. The number of nitrogens with zero attached hydrogens (tertiary/aromatic N) is 2. The number of amides is 4. The Bertz CT molecular complexity index is 546. The second-order valence-electron chi connectivity index (χ2n) is 6.41. The van der Waals surface area contributed by atoms with Crippen LogP contribution in [0.3, 0.4) is 0 Å². The quantitative estimate of drug-likeness (QED) is 0.559. The van der Waals surface area contributed by atoms with Crippen LogP contribution in [0, 0.1) is 11.8 Å². The van der Waals surface area contributed by atoms with Gasteiger partial charge >= 0.3 is 0 Å². The lowest BCUT2D eigenvalue weighted by atomic mass is 9.85. The van der Waals surface area contributed by atoms with Crippen LogP contribution in [0.1, 0.15) is 32.6 Å². The first-order valence-corrected chi connectivity index (χ1v) is 8.36. The van der Waals surface area contributed by atoms with Gasteiger partial charge in [0.25, 0.3) is 0 Å². The highest BCUT2D eigenvalue weighted by molar-refractivity contribution is 6.08. The van der Waals surface area contributed by atoms with Crippen molar-refractivity contribution < 1.29 is 19.2 Å². The highest BCUT2D eigenvalue weighted by Crippen LogP contribution is 2.36. The third-order valence-corrected chi connectivity index (χ3v) is 4.84. The van der Waals surface area contributed by atoms with Crippen LogP contribution in [0.2, 0.25) is 0 Å². The fourth-order valence-corrected chi connectivity index (χ4v) is 3.35. The van der Waals surface area contributed by atoms with E-state index >= 15 is 0 Å². The second kappa shape index (κ2) is 7.59. The molecule has 2 rings (SSSR count). The normalized spacial score (nSPS) is 23.9. The Hall–Kier alpha value is -2.18. The lowest BCUT2D eigenvalue weighted by Gasteiger charge is -2.27. The summed E-state index contributed by atoms with van der Waals surface area (Å²) in [6.07, 6.45) is 5.84. The van der Waals surface area contributed by atoms with E-state index in [0.29, 0.717) is 32.2 Å². The summed E-state index contributed by atoms with van der Waals surface area (Å²) in [5.41, 5.74) is 0. The van der Waals surface area contributed by atoms with Crippen molar-refractivity contribution in [3.8, 4) is 0 Å². The van der Waals surface area contributed by atoms with E-state index in [1.807, 2.05) is 12.2 Å². The van der Waals surface area contributed by atoms with Gasteiger partial charge in [-0.2, -0.15) is 0 Å². The van der Waals surface area contributed by atoms with Crippen LogP contribution in [-0.4, -0.2) is 60.1 Å². The van der Waals surface area contributed by atoms with Crippen molar-refractivity contribution in [2.24, 2.45) is 11.8 Å². The molecule has 1 saturated heterocycles. The van der Waals surface area contributed by atoms with Crippen LogP contribution in [0.5, 0.6) is 0 Å². The zero-order valence-electron chi connectivity index (χ0n) is 14.4. The van der Waals surface area contributed by atoms with E-state index in [1.165, 1.54) is 4.90 Å². The van der Waals surface area contributed by atoms with Gasteiger partial charge in [-0.3, -0.25) is 24.1 Å². The largest absolute Gasteiger partial charge is 0.359 e. The predicted octanol–water partition coefficient (Wildman–Crippen LogP) is 0.311. The van der Waals surface area contributed by atoms with Crippen LogP contribution >= 0.6 is 0 Å². The topological polar surface area (TPSA) is 86.8 Å². The number of likely N-dealkylation sites (N-methyl/N-ethyl adjacent to an activating group) is 1. The first kappa shape index (κ1) is 18.2. The van der Waals surface area contributed by atoms with Gasteiger partial charge < -0.3 is 10.2 Å². The fraction of sp³-hybridized carbons (Fsp3) is 0.647. The molecule has 132 valence electrons. The van der Waals surface area contributed by atoms with E-state index in [2.05, 4.69) is 5.32 Å². The maximum atomic E-state index is 12.5. The minimum Gasteiger partial charge on any atom is -0.359 e. The number of fused-ring (bicyclic) bond motifs is 1. The predicted molar refractivity (Wildman–Crippen MR) is 87.6 cm³/mol. The molecule has 0 aromatic heterocycles. The standard InChI is InChI=1S/C17H25N3O4/c1-11(15(22)19(3)10-6-9-14(21)18-2)20-16(23)12-7-4-5-8-13(12)17(20)24/h4-5,11-13H,6-10H2,1-3H3,(H,18,21)/t11-,12-,13+/m1/s1. The molecule has 1 heterocycles. The molecule has 24 heavy (non-hydrogen) atoms. The van der Waals surface area contributed by atoms with Crippen molar-refractivity contribution >= 4 is 23.6 Å². The molecule has 3 atom stereocenters. The summed E-state index contributed by atoms with van der Waals surface area (Å²) in [5.74, 6) is -1.49. The van der Waals surface area contributed by atoms with E-state index < -0.39 is 6.04 Å². The molecule has 7 heteroatoms. The molecule has 0 spiro atoms. The molecule has 0 aromatic carbocycles. The van der Waals surface area contributed by atoms with Crippen molar-refractivity contribution in [1.29, 1.82) is 0 Å². The van der Waals surface area contributed by atoms with Gasteiger partial charge in [-0.1, -0.05) is 12.2 Å². The van der Waals surface area contributed by atoms with Crippen molar-refractivity contribution in [1.82, 2.24) is 15.1 Å². The molecule has 1 aliphatic carbocycles. The Morgan fingerprint density at radius 3 is 2.29 bits per heavy atom. The highest BCUT2D eigenvalue weighted by atomic mass is 16.2. The Morgan fingerprint density at radius 2 is 1.79 bits per heavy atom. The van der Waals surface area contributed by atoms with Crippen molar-refractivity contribution in [3.05, 3.63) is 12.2 Å². The first-order chi connectivity index (χ1) is 11.4. The molecule has 0 saturated carbocycles. The van der Waals surface area contributed by atoms with Gasteiger partial charge in [0, 0.05) is 27.1 Å². The minimum atomic E-state index is -0.805. The molecule has 1 fully saturated rings. The van der Waals surface area contributed by atoms with E-state index in [9.17, 15) is 19.2 Å². The van der Waals surface area contributed by atoms with Gasteiger partial charge in [-0.15, -0.1) is 0 Å². The average Bonchev–Trinajstić information content (AvgIpc) is 2.84. The third kappa shape index (κ3) is 3.49. The van der Waals surface area contributed by atoms with Crippen LogP contribution in [-0.2, 0) is 19.2 Å². The molecule has 0 bridgehead atoms. The molecule has 0 unspecified atom stereocenters. The van der Waals surface area contributed by atoms with Crippen molar-refractivity contribution in [3.63, 3.8) is 0 Å².